The Kier molecular flexibility index (Phi) is 5.41. The fraction of sp³-hybridized carbons (Fsp3) is 0.600. The van der Waals surface area contributed by atoms with Crippen LogP contribution in [0.1, 0.15) is 17.9 Å². The van der Waals surface area contributed by atoms with Crippen LogP contribution in [0.2, 0.25) is 0 Å². The second-order valence-corrected chi connectivity index (χ2v) is 7.56. The summed E-state index contributed by atoms with van der Waals surface area (Å²) in [6, 6.07) is 6.71. The van der Waals surface area contributed by atoms with Crippen LogP contribution >= 0.6 is 0 Å². The number of benzene rings is 1. The minimum atomic E-state index is -0.226. The molecule has 3 fully saturated rings. The van der Waals surface area contributed by atoms with Crippen molar-refractivity contribution in [3.8, 4) is 0 Å². The summed E-state index contributed by atoms with van der Waals surface area (Å²) in [5.74, 6) is -0.114. The number of rotatable bonds is 4. The van der Waals surface area contributed by atoms with E-state index in [1.54, 1.807) is 12.1 Å². The van der Waals surface area contributed by atoms with Gasteiger partial charge in [-0.25, -0.2) is 4.39 Å². The van der Waals surface area contributed by atoms with Crippen LogP contribution in [-0.4, -0.2) is 85.5 Å². The molecule has 1 saturated carbocycles. The Morgan fingerprint density at radius 2 is 1.67 bits per heavy atom. The molecule has 0 N–H and O–H groups in total. The van der Waals surface area contributed by atoms with E-state index in [2.05, 4.69) is 4.90 Å². The lowest BCUT2D eigenvalue weighted by Crippen LogP contribution is -2.53. The lowest BCUT2D eigenvalue weighted by Gasteiger charge is -2.36. The van der Waals surface area contributed by atoms with Crippen molar-refractivity contribution >= 4 is 11.8 Å². The van der Waals surface area contributed by atoms with Crippen molar-refractivity contribution in [3.63, 3.8) is 0 Å². The molecule has 7 heteroatoms. The van der Waals surface area contributed by atoms with Gasteiger partial charge in [0.1, 0.15) is 5.82 Å². The topological polar surface area (TPSA) is 53.1 Å². The molecular formula is C20H26FN3O3. The molecule has 146 valence electrons. The van der Waals surface area contributed by atoms with Gasteiger partial charge in [0.25, 0.3) is 0 Å². The molecule has 0 radical (unpaired) electrons. The fourth-order valence-electron chi connectivity index (χ4n) is 4.05. The van der Waals surface area contributed by atoms with Gasteiger partial charge < -0.3 is 14.5 Å². The first-order valence-corrected chi connectivity index (χ1v) is 9.74. The summed E-state index contributed by atoms with van der Waals surface area (Å²) in [6.07, 6.45) is 0.718. The molecule has 2 amide bonds. The zero-order valence-electron chi connectivity index (χ0n) is 15.5. The monoisotopic (exact) mass is 375 g/mol. The number of carbonyl (C=O) groups excluding carboxylic acids is 2. The van der Waals surface area contributed by atoms with Crippen LogP contribution in [0.4, 0.5) is 4.39 Å². The third-order valence-corrected chi connectivity index (χ3v) is 5.82. The minimum Gasteiger partial charge on any atom is -0.379 e. The van der Waals surface area contributed by atoms with E-state index in [0.717, 1.165) is 19.5 Å². The normalized spacial score (nSPS) is 26.1. The highest BCUT2D eigenvalue weighted by Crippen LogP contribution is 2.49. The Bertz CT molecular complexity index is 699. The summed E-state index contributed by atoms with van der Waals surface area (Å²) in [5.41, 5.74) is 0.648. The molecule has 1 aromatic carbocycles. The number of amides is 2. The lowest BCUT2D eigenvalue weighted by atomic mass is 10.1. The first kappa shape index (κ1) is 18.4. The molecule has 2 saturated heterocycles. The van der Waals surface area contributed by atoms with Gasteiger partial charge in [-0.05, 0) is 24.0 Å². The minimum absolute atomic E-state index is 0.000294. The van der Waals surface area contributed by atoms with Gasteiger partial charge in [0.05, 0.1) is 19.8 Å². The largest absolute Gasteiger partial charge is 0.379 e. The van der Waals surface area contributed by atoms with Crippen LogP contribution in [0.15, 0.2) is 24.3 Å². The zero-order chi connectivity index (χ0) is 18.8. The molecule has 4 rings (SSSR count). The summed E-state index contributed by atoms with van der Waals surface area (Å²) < 4.78 is 19.2. The number of morpholine rings is 1. The lowest BCUT2D eigenvalue weighted by molar-refractivity contribution is -0.141. The van der Waals surface area contributed by atoms with Crippen molar-refractivity contribution in [1.82, 2.24) is 14.7 Å². The highest BCUT2D eigenvalue weighted by atomic mass is 19.1. The second-order valence-electron chi connectivity index (χ2n) is 7.56. The van der Waals surface area contributed by atoms with Crippen LogP contribution in [0.25, 0.3) is 0 Å². The Labute approximate surface area is 158 Å². The van der Waals surface area contributed by atoms with E-state index in [1.807, 2.05) is 15.9 Å². The number of hydrogen-bond donors (Lipinski definition) is 0. The summed E-state index contributed by atoms with van der Waals surface area (Å²) >= 11 is 0. The maximum absolute atomic E-state index is 13.9. The van der Waals surface area contributed by atoms with Crippen molar-refractivity contribution in [2.45, 2.75) is 12.3 Å². The average molecular weight is 375 g/mol. The maximum Gasteiger partial charge on any atom is 0.236 e. The van der Waals surface area contributed by atoms with Crippen molar-refractivity contribution in [2.24, 2.45) is 5.92 Å². The van der Waals surface area contributed by atoms with E-state index in [0.29, 0.717) is 51.5 Å². The molecule has 3 aliphatic rings. The third kappa shape index (κ3) is 4.14. The number of halogens is 1. The predicted octanol–water partition coefficient (Wildman–Crippen LogP) is 0.932. The summed E-state index contributed by atoms with van der Waals surface area (Å²) in [4.78, 5) is 31.0. The van der Waals surface area contributed by atoms with E-state index in [4.69, 9.17) is 4.74 Å². The van der Waals surface area contributed by atoms with Crippen molar-refractivity contribution in [2.75, 3.05) is 59.0 Å². The van der Waals surface area contributed by atoms with E-state index in [1.165, 1.54) is 6.07 Å². The van der Waals surface area contributed by atoms with Gasteiger partial charge in [0, 0.05) is 45.2 Å². The van der Waals surface area contributed by atoms with Crippen molar-refractivity contribution in [3.05, 3.63) is 35.6 Å². The van der Waals surface area contributed by atoms with E-state index < -0.39 is 0 Å². The number of carbonyl (C=O) groups is 2. The van der Waals surface area contributed by atoms with Gasteiger partial charge in [0.15, 0.2) is 0 Å². The van der Waals surface area contributed by atoms with Crippen LogP contribution in [0.5, 0.6) is 0 Å². The molecule has 0 bridgehead atoms. The number of ether oxygens (including phenoxy) is 1. The Hall–Kier alpha value is -1.99. The fourth-order valence-corrected chi connectivity index (χ4v) is 4.05. The molecule has 2 aliphatic heterocycles. The molecule has 0 spiro atoms. The molecule has 0 aromatic heterocycles. The highest BCUT2D eigenvalue weighted by molar-refractivity contribution is 5.84. The van der Waals surface area contributed by atoms with Gasteiger partial charge in [-0.15, -0.1) is 0 Å². The van der Waals surface area contributed by atoms with E-state index >= 15 is 0 Å². The molecule has 1 aromatic rings. The number of piperazine rings is 1. The number of hydrogen-bond acceptors (Lipinski definition) is 4. The van der Waals surface area contributed by atoms with Crippen molar-refractivity contribution < 1.29 is 18.7 Å². The van der Waals surface area contributed by atoms with Gasteiger partial charge in [-0.1, -0.05) is 18.2 Å². The Morgan fingerprint density at radius 3 is 2.37 bits per heavy atom. The first-order valence-electron chi connectivity index (χ1n) is 9.74. The molecule has 6 nitrogen and oxygen atoms in total. The van der Waals surface area contributed by atoms with Crippen LogP contribution in [0, 0.1) is 11.7 Å². The molecule has 27 heavy (non-hydrogen) atoms. The van der Waals surface area contributed by atoms with E-state index in [-0.39, 0.29) is 29.5 Å². The third-order valence-electron chi connectivity index (χ3n) is 5.82. The average Bonchev–Trinajstić information content (AvgIpc) is 3.49. The zero-order valence-corrected chi connectivity index (χ0v) is 15.5. The smallest absolute Gasteiger partial charge is 0.236 e. The van der Waals surface area contributed by atoms with Gasteiger partial charge in [0.2, 0.25) is 11.8 Å². The van der Waals surface area contributed by atoms with Crippen LogP contribution in [0.3, 0.4) is 0 Å². The van der Waals surface area contributed by atoms with Crippen LogP contribution < -0.4 is 0 Å². The standard InChI is InChI=1S/C20H26FN3O3/c21-18-4-2-1-3-15(18)16-13-17(16)20(26)24-7-5-23(6-8-24)19(25)14-22-9-11-27-12-10-22/h1-4,16-17H,5-14H2. The highest BCUT2D eigenvalue weighted by Gasteiger charge is 2.47. The first-order chi connectivity index (χ1) is 13.1. The summed E-state index contributed by atoms with van der Waals surface area (Å²) in [7, 11) is 0. The number of nitrogens with zero attached hydrogens (tertiary/aromatic N) is 3. The van der Waals surface area contributed by atoms with Gasteiger partial charge >= 0.3 is 0 Å². The molecule has 2 unspecified atom stereocenters. The van der Waals surface area contributed by atoms with Crippen LogP contribution in [-0.2, 0) is 14.3 Å². The maximum atomic E-state index is 13.9. The summed E-state index contributed by atoms with van der Waals surface area (Å²) in [5, 5.41) is 0. The molecule has 1 aliphatic carbocycles. The Balaban J connectivity index is 1.25. The Morgan fingerprint density at radius 1 is 1.00 bits per heavy atom. The van der Waals surface area contributed by atoms with E-state index in [9.17, 15) is 14.0 Å². The molecular weight excluding hydrogens is 349 g/mol. The second kappa shape index (κ2) is 7.94. The van der Waals surface area contributed by atoms with Gasteiger partial charge in [-0.2, -0.15) is 0 Å². The van der Waals surface area contributed by atoms with Gasteiger partial charge in [-0.3, -0.25) is 14.5 Å². The predicted molar refractivity (Wildman–Crippen MR) is 97.7 cm³/mol. The molecule has 2 atom stereocenters. The molecule has 2 heterocycles. The van der Waals surface area contributed by atoms with Crippen molar-refractivity contribution in [1.29, 1.82) is 0 Å². The summed E-state index contributed by atoms with van der Waals surface area (Å²) in [6.45, 7) is 5.66. The quantitative estimate of drug-likeness (QED) is 0.786. The SMILES string of the molecule is O=C(CN1CCOCC1)N1CCN(C(=O)C2CC2c2ccccc2F)CC1.